The van der Waals surface area contributed by atoms with Crippen molar-refractivity contribution in [3.63, 3.8) is 0 Å². The molecule has 4 rings (SSSR count). The largest absolute Gasteiger partial charge is 0.488 e. The molecule has 1 aromatic carbocycles. The van der Waals surface area contributed by atoms with Crippen LogP contribution >= 0.6 is 11.6 Å². The molecule has 0 saturated carbocycles. The number of likely N-dealkylation sites (tertiary alicyclic amines) is 1. The van der Waals surface area contributed by atoms with Crippen molar-refractivity contribution in [2.75, 3.05) is 19.6 Å². The quantitative estimate of drug-likeness (QED) is 0.517. The highest BCUT2D eigenvalue weighted by atomic mass is 35.5. The molecule has 3 heterocycles. The number of benzene rings is 1. The van der Waals surface area contributed by atoms with Crippen molar-refractivity contribution in [1.29, 1.82) is 0 Å². The summed E-state index contributed by atoms with van der Waals surface area (Å²) in [4.78, 5) is 30.5. The number of halogens is 2. The van der Waals surface area contributed by atoms with Crippen molar-refractivity contribution in [3.8, 4) is 5.75 Å². The number of rotatable bonds is 4. The molecular weight excluding hydrogens is 453 g/mol. The van der Waals surface area contributed by atoms with Crippen molar-refractivity contribution >= 4 is 29.2 Å². The van der Waals surface area contributed by atoms with Crippen LogP contribution in [0.25, 0.3) is 0 Å². The molecule has 1 aromatic rings. The van der Waals surface area contributed by atoms with Gasteiger partial charge in [-0.25, -0.2) is 9.38 Å². The smallest absolute Gasteiger partial charge is 0.320 e. The van der Waals surface area contributed by atoms with Crippen LogP contribution in [0.3, 0.4) is 0 Å². The summed E-state index contributed by atoms with van der Waals surface area (Å²) in [5, 5.41) is 15.7. The van der Waals surface area contributed by atoms with E-state index in [9.17, 15) is 14.0 Å². The molecular formula is C22H25ClFN5O4. The van der Waals surface area contributed by atoms with Gasteiger partial charge in [0.1, 0.15) is 29.5 Å². The van der Waals surface area contributed by atoms with Crippen molar-refractivity contribution in [1.82, 2.24) is 15.5 Å². The summed E-state index contributed by atoms with van der Waals surface area (Å²) in [5.74, 6) is -1.26. The molecule has 5 N–H and O–H groups in total. The van der Waals surface area contributed by atoms with Crippen LogP contribution in [0.2, 0.25) is 0 Å². The van der Waals surface area contributed by atoms with Gasteiger partial charge in [-0.05, 0) is 26.0 Å². The lowest BCUT2D eigenvalue weighted by molar-refractivity contribution is -0.139. The highest BCUT2D eigenvalue weighted by Gasteiger charge is 2.35. The van der Waals surface area contributed by atoms with Gasteiger partial charge in [-0.3, -0.25) is 9.59 Å². The number of nitrogens with one attached hydrogen (secondary N) is 2. The third-order valence-corrected chi connectivity index (χ3v) is 6.46. The average Bonchev–Trinajstić information content (AvgIpc) is 3.38. The Hall–Kier alpha value is -2.95. The Kier molecular flexibility index (Phi) is 6.42. The third-order valence-electron chi connectivity index (χ3n) is 5.91. The number of hydrogen-bond donors (Lipinski definition) is 4. The number of hydrogen-bond acceptors (Lipinski definition) is 7. The van der Waals surface area contributed by atoms with Crippen molar-refractivity contribution in [2.45, 2.75) is 38.5 Å². The van der Waals surface area contributed by atoms with Crippen molar-refractivity contribution < 1.29 is 23.8 Å². The average molecular weight is 478 g/mol. The Morgan fingerprint density at radius 3 is 2.79 bits per heavy atom. The standard InChI is InChI=1S/C22H25ClFN5O4/c1-10-19(23)11(2)28-20(27-10)15-8-29(9-16(15)25)21(30)14-4-3-12(24)5-18(14)33-13-6-17(22(31)32)26-7-13/h3-5,13,16-17,26-27H,6-9,25H2,1-2H3,(H,31,32)/b20-15+. The molecule has 33 heavy (non-hydrogen) atoms. The first-order valence-electron chi connectivity index (χ1n) is 10.5. The lowest BCUT2D eigenvalue weighted by Gasteiger charge is -2.20. The maximum Gasteiger partial charge on any atom is 0.320 e. The molecule has 0 aliphatic carbocycles. The van der Waals surface area contributed by atoms with Gasteiger partial charge >= 0.3 is 5.97 Å². The number of nitrogens with zero attached hydrogens (tertiary/aromatic N) is 2. The van der Waals surface area contributed by atoms with E-state index in [1.165, 1.54) is 12.1 Å². The first kappa shape index (κ1) is 23.2. The second-order valence-electron chi connectivity index (χ2n) is 8.34. The number of nitrogens with two attached hydrogens (primary N) is 1. The van der Waals surface area contributed by atoms with E-state index in [1.54, 1.807) is 11.8 Å². The summed E-state index contributed by atoms with van der Waals surface area (Å²) in [5.41, 5.74) is 8.67. The topological polar surface area (TPSA) is 129 Å². The lowest BCUT2D eigenvalue weighted by Crippen LogP contribution is -2.32. The Morgan fingerprint density at radius 1 is 1.36 bits per heavy atom. The van der Waals surface area contributed by atoms with Gasteiger partial charge in [-0.15, -0.1) is 0 Å². The summed E-state index contributed by atoms with van der Waals surface area (Å²) in [6.45, 7) is 4.41. The highest BCUT2D eigenvalue weighted by Crippen LogP contribution is 2.29. The van der Waals surface area contributed by atoms with Crippen LogP contribution < -0.4 is 21.1 Å². The number of carbonyl (C=O) groups is 2. The number of aliphatic imine (C=N–C) groups is 1. The van der Waals surface area contributed by atoms with Gasteiger partial charge < -0.3 is 31.1 Å². The van der Waals surface area contributed by atoms with E-state index >= 15 is 0 Å². The molecule has 176 valence electrons. The molecule has 2 saturated heterocycles. The van der Waals surface area contributed by atoms with E-state index in [2.05, 4.69) is 15.6 Å². The molecule has 2 fully saturated rings. The molecule has 0 bridgehead atoms. The minimum Gasteiger partial charge on any atom is -0.488 e. The summed E-state index contributed by atoms with van der Waals surface area (Å²) in [7, 11) is 0. The van der Waals surface area contributed by atoms with Crippen molar-refractivity contribution in [3.05, 3.63) is 51.7 Å². The van der Waals surface area contributed by atoms with E-state index in [4.69, 9.17) is 27.2 Å². The summed E-state index contributed by atoms with van der Waals surface area (Å²) < 4.78 is 19.8. The molecule has 3 aliphatic rings. The van der Waals surface area contributed by atoms with Crippen LogP contribution in [0.15, 0.2) is 45.3 Å². The Balaban J connectivity index is 1.55. The SMILES string of the molecule is CC1=N/C(=C2\CN(C(=O)c3ccc(F)cc3OC3CNC(C(=O)O)C3)CC2N)NC(C)=C1Cl. The maximum atomic E-state index is 14.0. The Labute approximate surface area is 195 Å². The molecule has 0 aromatic heterocycles. The predicted molar refractivity (Wildman–Crippen MR) is 121 cm³/mol. The van der Waals surface area contributed by atoms with Gasteiger partial charge in [-0.1, -0.05) is 11.6 Å². The number of aliphatic carboxylic acids is 1. The van der Waals surface area contributed by atoms with Crippen LogP contribution in [0.5, 0.6) is 5.75 Å². The monoisotopic (exact) mass is 477 g/mol. The van der Waals surface area contributed by atoms with Gasteiger partial charge in [0.05, 0.1) is 16.3 Å². The second kappa shape index (κ2) is 9.12. The van der Waals surface area contributed by atoms with E-state index < -0.39 is 30.0 Å². The summed E-state index contributed by atoms with van der Waals surface area (Å²) in [6, 6.07) is 2.52. The molecule has 0 spiro atoms. The minimum absolute atomic E-state index is 0.0720. The fourth-order valence-electron chi connectivity index (χ4n) is 4.14. The summed E-state index contributed by atoms with van der Waals surface area (Å²) in [6.07, 6.45) is -0.288. The number of carboxylic acids is 1. The zero-order valence-electron chi connectivity index (χ0n) is 18.2. The van der Waals surface area contributed by atoms with Crippen LogP contribution in [0, 0.1) is 5.82 Å². The number of ether oxygens (including phenoxy) is 1. The lowest BCUT2D eigenvalue weighted by atomic mass is 10.1. The predicted octanol–water partition coefficient (Wildman–Crippen LogP) is 1.55. The maximum absolute atomic E-state index is 14.0. The van der Waals surface area contributed by atoms with Crippen LogP contribution in [-0.2, 0) is 4.79 Å². The molecule has 3 aliphatic heterocycles. The molecule has 1 amide bonds. The summed E-state index contributed by atoms with van der Waals surface area (Å²) >= 11 is 6.20. The van der Waals surface area contributed by atoms with Gasteiger partial charge in [-0.2, -0.15) is 0 Å². The molecule has 9 nitrogen and oxygen atoms in total. The van der Waals surface area contributed by atoms with E-state index in [0.717, 1.165) is 17.3 Å². The number of carboxylic acid groups (broad SMARTS) is 1. The normalized spacial score (nSPS) is 27.5. The first-order valence-corrected chi connectivity index (χ1v) is 10.9. The fourth-order valence-corrected chi connectivity index (χ4v) is 4.23. The third kappa shape index (κ3) is 4.73. The number of amides is 1. The Bertz CT molecular complexity index is 1100. The van der Waals surface area contributed by atoms with Crippen LogP contribution in [-0.4, -0.2) is 65.4 Å². The fraction of sp³-hybridized carbons (Fsp3) is 0.409. The zero-order chi connectivity index (χ0) is 23.9. The minimum atomic E-state index is -0.983. The van der Waals surface area contributed by atoms with Gasteiger partial charge in [0.15, 0.2) is 0 Å². The molecule has 3 unspecified atom stereocenters. The number of carbonyl (C=O) groups excluding carboxylic acids is 1. The van der Waals surface area contributed by atoms with Crippen molar-refractivity contribution in [2.24, 2.45) is 10.7 Å². The van der Waals surface area contributed by atoms with E-state index in [-0.39, 0.29) is 43.3 Å². The van der Waals surface area contributed by atoms with E-state index in [0.29, 0.717) is 16.6 Å². The molecule has 3 atom stereocenters. The van der Waals surface area contributed by atoms with Crippen LogP contribution in [0.4, 0.5) is 4.39 Å². The molecule has 0 radical (unpaired) electrons. The Morgan fingerprint density at radius 2 is 2.12 bits per heavy atom. The van der Waals surface area contributed by atoms with Gasteiger partial charge in [0.2, 0.25) is 0 Å². The van der Waals surface area contributed by atoms with Crippen LogP contribution in [0.1, 0.15) is 30.6 Å². The zero-order valence-corrected chi connectivity index (χ0v) is 18.9. The van der Waals surface area contributed by atoms with Gasteiger partial charge in [0, 0.05) is 49.4 Å². The van der Waals surface area contributed by atoms with Gasteiger partial charge in [0.25, 0.3) is 5.91 Å². The molecule has 11 heteroatoms. The highest BCUT2D eigenvalue weighted by molar-refractivity contribution is 6.43. The number of allylic oxidation sites excluding steroid dienone is 2. The van der Waals surface area contributed by atoms with E-state index in [1.807, 2.05) is 6.92 Å². The second-order valence-corrected chi connectivity index (χ2v) is 8.72. The first-order chi connectivity index (χ1) is 15.6.